The van der Waals surface area contributed by atoms with Gasteiger partial charge in [0.05, 0.1) is 23.8 Å². The van der Waals surface area contributed by atoms with Gasteiger partial charge >= 0.3 is 6.09 Å². The zero-order valence-corrected chi connectivity index (χ0v) is 25.0. The number of hydrogen-bond acceptors (Lipinski definition) is 9. The van der Waals surface area contributed by atoms with Gasteiger partial charge in [0, 0.05) is 31.0 Å². The molecule has 1 unspecified atom stereocenters. The molecule has 0 bridgehead atoms. The molecule has 0 spiro atoms. The van der Waals surface area contributed by atoms with Crippen molar-refractivity contribution in [3.63, 3.8) is 0 Å². The maximum absolute atomic E-state index is 11.9. The van der Waals surface area contributed by atoms with Crippen LogP contribution >= 0.6 is 11.6 Å². The molecule has 1 aromatic carbocycles. The third-order valence-electron chi connectivity index (χ3n) is 8.84. The van der Waals surface area contributed by atoms with E-state index in [0.717, 1.165) is 42.3 Å². The quantitative estimate of drug-likeness (QED) is 0.291. The van der Waals surface area contributed by atoms with Crippen molar-refractivity contribution >= 4 is 34.8 Å². The van der Waals surface area contributed by atoms with Crippen LogP contribution < -0.4 is 15.7 Å². The molecule has 1 amide bonds. The molecule has 3 fully saturated rings. The van der Waals surface area contributed by atoms with Gasteiger partial charge in [0.15, 0.2) is 17.6 Å². The average Bonchev–Trinajstić information content (AvgIpc) is 3.61. The number of benzene rings is 1. The number of anilines is 1. The number of rotatable bonds is 6. The first-order valence-corrected chi connectivity index (χ1v) is 15.4. The Morgan fingerprint density at radius 1 is 1.05 bits per heavy atom. The van der Waals surface area contributed by atoms with E-state index in [4.69, 9.17) is 36.1 Å². The molecule has 0 radical (unpaired) electrons. The Bertz CT molecular complexity index is 1620. The SMILES string of the molecule is CC1CCC(Cn2c(N3CCO[C@@H](C)[C@H]3c3ccccc3)nc3nc(C4NOC(=O)N4)nc(-c4cncc(Cl)c4)c32)CC1. The van der Waals surface area contributed by atoms with Crippen LogP contribution in [-0.4, -0.2) is 49.9 Å². The Hall–Kier alpha value is -3.80. The lowest BCUT2D eigenvalue weighted by Crippen LogP contribution is -2.45. The number of pyridine rings is 1. The van der Waals surface area contributed by atoms with Crippen LogP contribution in [0.3, 0.4) is 0 Å². The molecule has 2 N–H and O–H groups in total. The summed E-state index contributed by atoms with van der Waals surface area (Å²) in [5.74, 6) is 2.41. The number of hydroxylamine groups is 1. The van der Waals surface area contributed by atoms with Crippen LogP contribution in [0, 0.1) is 11.8 Å². The van der Waals surface area contributed by atoms with Crippen molar-refractivity contribution in [3.8, 4) is 11.3 Å². The molecular weight excluding hydrogens is 568 g/mol. The Balaban J connectivity index is 1.44. The molecule has 3 aliphatic rings. The Kier molecular flexibility index (Phi) is 7.62. The van der Waals surface area contributed by atoms with E-state index in [1.807, 2.05) is 12.1 Å². The van der Waals surface area contributed by atoms with Crippen molar-refractivity contribution in [1.82, 2.24) is 35.3 Å². The van der Waals surface area contributed by atoms with Crippen molar-refractivity contribution in [2.75, 3.05) is 18.1 Å². The van der Waals surface area contributed by atoms with E-state index in [1.165, 1.54) is 18.4 Å². The lowest BCUT2D eigenvalue weighted by Gasteiger charge is -2.41. The predicted octanol–water partition coefficient (Wildman–Crippen LogP) is 5.58. The summed E-state index contributed by atoms with van der Waals surface area (Å²) in [6, 6.07) is 12.3. The molecule has 4 aromatic rings. The Morgan fingerprint density at radius 2 is 1.86 bits per heavy atom. The van der Waals surface area contributed by atoms with Gasteiger partial charge in [-0.25, -0.2) is 14.8 Å². The van der Waals surface area contributed by atoms with Gasteiger partial charge in [-0.3, -0.25) is 10.3 Å². The molecule has 5 heterocycles. The Labute approximate surface area is 254 Å². The van der Waals surface area contributed by atoms with Gasteiger partial charge in [-0.2, -0.15) is 4.98 Å². The fraction of sp³-hybridized carbons (Fsp3) is 0.452. The third kappa shape index (κ3) is 5.52. The van der Waals surface area contributed by atoms with E-state index >= 15 is 0 Å². The minimum Gasteiger partial charge on any atom is -0.374 e. The van der Waals surface area contributed by atoms with Crippen LogP contribution in [0.2, 0.25) is 5.02 Å². The lowest BCUT2D eigenvalue weighted by molar-refractivity contribution is 0.0221. The standard InChI is InChI=1S/C31H35ClN8O3/c1-18-8-10-20(11-9-18)17-40-26-24(22-14-23(32)16-33-15-22)34-28(29-37-31(41)43-38-29)35-27(26)36-30(40)39-12-13-42-19(2)25(39)21-6-4-3-5-7-21/h3-7,14-16,18-20,25,29,38H,8-13,17H2,1-2H3,(H,37,41)/t18?,19-,20?,25-,29?/m0/s1. The van der Waals surface area contributed by atoms with E-state index in [2.05, 4.69) is 63.4 Å². The summed E-state index contributed by atoms with van der Waals surface area (Å²) >= 11 is 6.43. The zero-order valence-electron chi connectivity index (χ0n) is 24.2. The number of nitrogens with one attached hydrogen (secondary N) is 2. The molecule has 224 valence electrons. The average molecular weight is 603 g/mol. The number of fused-ring (bicyclic) bond motifs is 1. The second kappa shape index (κ2) is 11.7. The van der Waals surface area contributed by atoms with Crippen LogP contribution in [0.25, 0.3) is 22.4 Å². The molecule has 3 atom stereocenters. The lowest BCUT2D eigenvalue weighted by atomic mass is 9.83. The fourth-order valence-electron chi connectivity index (χ4n) is 6.63. The molecule has 11 nitrogen and oxygen atoms in total. The molecule has 1 aliphatic carbocycles. The minimum atomic E-state index is -0.725. The van der Waals surface area contributed by atoms with Crippen LogP contribution in [0.1, 0.15) is 63.1 Å². The number of ether oxygens (including phenoxy) is 1. The van der Waals surface area contributed by atoms with Crippen molar-refractivity contribution in [2.24, 2.45) is 11.8 Å². The molecule has 12 heteroatoms. The highest BCUT2D eigenvalue weighted by Crippen LogP contribution is 2.39. The molecule has 7 rings (SSSR count). The summed E-state index contributed by atoms with van der Waals surface area (Å²) in [7, 11) is 0. The maximum atomic E-state index is 11.9. The van der Waals surface area contributed by atoms with Gasteiger partial charge in [0.25, 0.3) is 0 Å². The molecule has 2 aliphatic heterocycles. The van der Waals surface area contributed by atoms with Crippen molar-refractivity contribution in [2.45, 2.75) is 64.4 Å². The van der Waals surface area contributed by atoms with Gasteiger partial charge < -0.3 is 19.0 Å². The summed E-state index contributed by atoms with van der Waals surface area (Å²) in [5.41, 5.74) is 6.59. The van der Waals surface area contributed by atoms with Gasteiger partial charge in [-0.1, -0.05) is 61.7 Å². The summed E-state index contributed by atoms with van der Waals surface area (Å²) in [4.78, 5) is 38.6. The van der Waals surface area contributed by atoms with E-state index in [0.29, 0.717) is 41.3 Å². The Morgan fingerprint density at radius 3 is 2.60 bits per heavy atom. The highest BCUT2D eigenvalue weighted by molar-refractivity contribution is 6.30. The van der Waals surface area contributed by atoms with Gasteiger partial charge in [-0.05, 0) is 43.2 Å². The van der Waals surface area contributed by atoms with Crippen LogP contribution in [0.4, 0.5) is 10.7 Å². The summed E-state index contributed by atoms with van der Waals surface area (Å²) in [6.45, 7) is 6.52. The van der Waals surface area contributed by atoms with E-state index in [9.17, 15) is 4.79 Å². The first-order valence-electron chi connectivity index (χ1n) is 15.0. The highest BCUT2D eigenvalue weighted by Gasteiger charge is 2.36. The maximum Gasteiger partial charge on any atom is 0.427 e. The number of morpholine rings is 1. The summed E-state index contributed by atoms with van der Waals surface area (Å²) in [6.07, 6.45) is 6.73. The smallest absolute Gasteiger partial charge is 0.374 e. The molecule has 3 aromatic heterocycles. The van der Waals surface area contributed by atoms with E-state index in [-0.39, 0.29) is 12.1 Å². The monoisotopic (exact) mass is 602 g/mol. The van der Waals surface area contributed by atoms with Gasteiger partial charge in [0.2, 0.25) is 5.95 Å². The summed E-state index contributed by atoms with van der Waals surface area (Å²) in [5, 5.41) is 3.21. The van der Waals surface area contributed by atoms with Gasteiger partial charge in [-0.15, -0.1) is 5.48 Å². The first-order chi connectivity index (χ1) is 20.9. The van der Waals surface area contributed by atoms with Crippen LogP contribution in [-0.2, 0) is 16.1 Å². The second-order valence-corrected chi connectivity index (χ2v) is 12.3. The molecule has 43 heavy (non-hydrogen) atoms. The molecule has 2 saturated heterocycles. The van der Waals surface area contributed by atoms with Crippen molar-refractivity contribution in [1.29, 1.82) is 0 Å². The number of carbonyl (C=O) groups is 1. The topological polar surface area (TPSA) is 119 Å². The minimum absolute atomic E-state index is 0.0372. The number of hydrogen-bond donors (Lipinski definition) is 2. The van der Waals surface area contributed by atoms with Crippen molar-refractivity contribution < 1.29 is 14.4 Å². The first kappa shape index (κ1) is 28.0. The number of carbonyl (C=O) groups excluding carboxylic acids is 1. The number of nitrogens with zero attached hydrogens (tertiary/aromatic N) is 6. The zero-order chi connectivity index (χ0) is 29.5. The van der Waals surface area contributed by atoms with Crippen molar-refractivity contribution in [3.05, 3.63) is 65.2 Å². The highest BCUT2D eigenvalue weighted by atomic mass is 35.5. The van der Waals surface area contributed by atoms with Crippen LogP contribution in [0.15, 0.2) is 48.8 Å². The van der Waals surface area contributed by atoms with Crippen LogP contribution in [0.5, 0.6) is 0 Å². The van der Waals surface area contributed by atoms with Gasteiger partial charge in [0.1, 0.15) is 11.2 Å². The largest absolute Gasteiger partial charge is 0.427 e. The normalized spacial score (nSPS) is 26.0. The number of aromatic nitrogens is 5. The predicted molar refractivity (Wildman–Crippen MR) is 162 cm³/mol. The third-order valence-corrected chi connectivity index (χ3v) is 9.04. The van der Waals surface area contributed by atoms with E-state index in [1.54, 1.807) is 12.4 Å². The number of halogens is 1. The fourth-order valence-corrected chi connectivity index (χ4v) is 6.80. The molecule has 1 saturated carbocycles. The number of amides is 1. The summed E-state index contributed by atoms with van der Waals surface area (Å²) < 4.78 is 8.49. The van der Waals surface area contributed by atoms with E-state index < -0.39 is 12.3 Å². The number of imidazole rings is 1. The molecular formula is C31H35ClN8O3. The second-order valence-electron chi connectivity index (χ2n) is 11.9.